The number of benzene rings is 2. The maximum Gasteiger partial charge on any atom is 0.259 e. The number of amides is 1. The summed E-state index contributed by atoms with van der Waals surface area (Å²) in [6.07, 6.45) is 1.48. The molecule has 3 aromatic rings. The topological polar surface area (TPSA) is 74.0 Å². The van der Waals surface area contributed by atoms with Crippen molar-refractivity contribution in [1.29, 1.82) is 5.26 Å². The van der Waals surface area contributed by atoms with Crippen LogP contribution in [0, 0.1) is 24.1 Å². The molecule has 7 heteroatoms. The van der Waals surface area contributed by atoms with Gasteiger partial charge in [0.2, 0.25) is 0 Å². The molecule has 29 heavy (non-hydrogen) atoms. The van der Waals surface area contributed by atoms with Gasteiger partial charge in [0, 0.05) is 18.8 Å². The number of nitrogens with one attached hydrogen (secondary N) is 1. The fraction of sp³-hybridized carbons (Fsp3) is 0.227. The van der Waals surface area contributed by atoms with Crippen molar-refractivity contribution in [3.05, 3.63) is 71.3 Å². The Bertz CT molecular complexity index is 1060. The second-order valence-corrected chi connectivity index (χ2v) is 6.50. The maximum absolute atomic E-state index is 13.1. The highest BCUT2D eigenvalue weighted by molar-refractivity contribution is 6.05. The zero-order chi connectivity index (χ0) is 21.0. The van der Waals surface area contributed by atoms with Crippen LogP contribution in [0.1, 0.15) is 35.5 Å². The fourth-order valence-electron chi connectivity index (χ4n) is 3.22. The zero-order valence-electron chi connectivity index (χ0n) is 16.6. The zero-order valence-corrected chi connectivity index (χ0v) is 16.6. The highest BCUT2D eigenvalue weighted by Crippen LogP contribution is 2.24. The Hall–Kier alpha value is -3.66. The van der Waals surface area contributed by atoms with Gasteiger partial charge < -0.3 is 10.2 Å². The molecule has 0 aliphatic carbocycles. The molecule has 0 spiro atoms. The quantitative estimate of drug-likeness (QED) is 0.680. The SMILES string of the molecule is CCN(CC)c1ccc(NC(=O)c2cnn(-c3ccc(F)cc3)c2C)cc1C#N. The molecule has 1 aromatic heterocycles. The molecule has 1 N–H and O–H groups in total. The number of hydrogen-bond donors (Lipinski definition) is 1. The molecule has 0 aliphatic heterocycles. The minimum Gasteiger partial charge on any atom is -0.371 e. The van der Waals surface area contributed by atoms with Gasteiger partial charge in [-0.05, 0) is 63.2 Å². The highest BCUT2D eigenvalue weighted by atomic mass is 19.1. The predicted octanol–water partition coefficient (Wildman–Crippen LogP) is 4.29. The third kappa shape index (κ3) is 4.11. The van der Waals surface area contributed by atoms with E-state index in [1.165, 1.54) is 18.3 Å². The van der Waals surface area contributed by atoms with Gasteiger partial charge in [-0.3, -0.25) is 4.79 Å². The molecular weight excluding hydrogens is 369 g/mol. The Kier molecular flexibility index (Phi) is 5.93. The number of aromatic nitrogens is 2. The third-order valence-corrected chi connectivity index (χ3v) is 4.80. The Labute approximate surface area is 169 Å². The average molecular weight is 391 g/mol. The molecule has 0 bridgehead atoms. The van der Waals surface area contributed by atoms with E-state index >= 15 is 0 Å². The van der Waals surface area contributed by atoms with Crippen molar-refractivity contribution in [2.24, 2.45) is 0 Å². The van der Waals surface area contributed by atoms with Crippen LogP contribution in [-0.4, -0.2) is 28.8 Å². The molecule has 1 amide bonds. The molecule has 2 aromatic carbocycles. The second kappa shape index (κ2) is 8.57. The first-order chi connectivity index (χ1) is 14.0. The lowest BCUT2D eigenvalue weighted by atomic mass is 10.1. The van der Waals surface area contributed by atoms with Gasteiger partial charge >= 0.3 is 0 Å². The molecule has 1 heterocycles. The normalized spacial score (nSPS) is 10.4. The van der Waals surface area contributed by atoms with E-state index in [2.05, 4.69) is 21.4 Å². The van der Waals surface area contributed by atoms with Crippen LogP contribution in [-0.2, 0) is 0 Å². The lowest BCUT2D eigenvalue weighted by Gasteiger charge is -2.22. The van der Waals surface area contributed by atoms with Crippen molar-refractivity contribution in [2.75, 3.05) is 23.3 Å². The molecule has 0 radical (unpaired) electrons. The predicted molar refractivity (Wildman–Crippen MR) is 111 cm³/mol. The number of carbonyl (C=O) groups excluding carboxylic acids is 1. The van der Waals surface area contributed by atoms with Gasteiger partial charge in [0.05, 0.1) is 34.4 Å². The first kappa shape index (κ1) is 20.1. The van der Waals surface area contributed by atoms with E-state index in [1.54, 1.807) is 35.9 Å². The molecule has 3 rings (SSSR count). The van der Waals surface area contributed by atoms with E-state index in [9.17, 15) is 14.4 Å². The number of nitrogens with zero attached hydrogens (tertiary/aromatic N) is 4. The standard InChI is InChI=1S/C22H22FN5O/c1-4-27(5-2)21-11-8-18(12-16(21)13-24)26-22(29)20-14-25-28(15(20)3)19-9-6-17(23)7-10-19/h6-12,14H,4-5H2,1-3H3,(H,26,29). The maximum atomic E-state index is 13.1. The van der Waals surface area contributed by atoms with Crippen molar-refractivity contribution in [1.82, 2.24) is 9.78 Å². The van der Waals surface area contributed by atoms with Gasteiger partial charge in [-0.2, -0.15) is 10.4 Å². The Morgan fingerprint density at radius 2 is 1.90 bits per heavy atom. The van der Waals surface area contributed by atoms with Crippen LogP contribution in [0.3, 0.4) is 0 Å². The van der Waals surface area contributed by atoms with Gasteiger partial charge in [0.1, 0.15) is 11.9 Å². The molecule has 6 nitrogen and oxygen atoms in total. The molecule has 0 aliphatic rings. The van der Waals surface area contributed by atoms with Crippen molar-refractivity contribution < 1.29 is 9.18 Å². The van der Waals surface area contributed by atoms with Crippen molar-refractivity contribution >= 4 is 17.3 Å². The molecule has 0 saturated carbocycles. The molecule has 0 fully saturated rings. The summed E-state index contributed by atoms with van der Waals surface area (Å²) in [4.78, 5) is 14.8. The van der Waals surface area contributed by atoms with Crippen LogP contribution in [0.15, 0.2) is 48.7 Å². The second-order valence-electron chi connectivity index (χ2n) is 6.50. The summed E-state index contributed by atoms with van der Waals surface area (Å²) in [5.74, 6) is -0.659. The number of nitriles is 1. The van der Waals surface area contributed by atoms with Gasteiger partial charge in [0.25, 0.3) is 5.91 Å². The number of anilines is 2. The first-order valence-corrected chi connectivity index (χ1v) is 9.39. The number of rotatable bonds is 6. The first-order valence-electron chi connectivity index (χ1n) is 9.39. The van der Waals surface area contributed by atoms with Crippen molar-refractivity contribution in [2.45, 2.75) is 20.8 Å². The van der Waals surface area contributed by atoms with Crippen molar-refractivity contribution in [3.63, 3.8) is 0 Å². The minimum absolute atomic E-state index is 0.324. The highest BCUT2D eigenvalue weighted by Gasteiger charge is 2.16. The van der Waals surface area contributed by atoms with E-state index in [0.717, 1.165) is 18.8 Å². The molecule has 0 atom stereocenters. The summed E-state index contributed by atoms with van der Waals surface area (Å²) in [7, 11) is 0. The van der Waals surface area contributed by atoms with Crippen LogP contribution >= 0.6 is 0 Å². The summed E-state index contributed by atoms with van der Waals surface area (Å²) in [5, 5.41) is 16.6. The van der Waals surface area contributed by atoms with Crippen LogP contribution in [0.2, 0.25) is 0 Å². The number of hydrogen-bond acceptors (Lipinski definition) is 4. The van der Waals surface area contributed by atoms with E-state index in [4.69, 9.17) is 0 Å². The van der Waals surface area contributed by atoms with Crippen LogP contribution < -0.4 is 10.2 Å². The van der Waals surface area contributed by atoms with E-state index in [0.29, 0.717) is 28.2 Å². The summed E-state index contributed by atoms with van der Waals surface area (Å²) in [5.41, 5.74) is 3.59. The number of carbonyl (C=O) groups is 1. The Balaban J connectivity index is 1.84. The lowest BCUT2D eigenvalue weighted by molar-refractivity contribution is 0.102. The van der Waals surface area contributed by atoms with Crippen LogP contribution in [0.4, 0.5) is 15.8 Å². The Morgan fingerprint density at radius 1 is 1.21 bits per heavy atom. The van der Waals surface area contributed by atoms with Gasteiger partial charge in [0.15, 0.2) is 0 Å². The molecule has 0 saturated heterocycles. The average Bonchev–Trinajstić information content (AvgIpc) is 3.11. The van der Waals surface area contributed by atoms with Crippen LogP contribution in [0.25, 0.3) is 5.69 Å². The van der Waals surface area contributed by atoms with E-state index < -0.39 is 0 Å². The fourth-order valence-corrected chi connectivity index (χ4v) is 3.22. The largest absolute Gasteiger partial charge is 0.371 e. The van der Waals surface area contributed by atoms with E-state index in [-0.39, 0.29) is 11.7 Å². The van der Waals surface area contributed by atoms with Gasteiger partial charge in [-0.25, -0.2) is 9.07 Å². The minimum atomic E-state index is -0.335. The van der Waals surface area contributed by atoms with Gasteiger partial charge in [-0.15, -0.1) is 0 Å². The van der Waals surface area contributed by atoms with Gasteiger partial charge in [-0.1, -0.05) is 0 Å². The third-order valence-electron chi connectivity index (χ3n) is 4.80. The lowest BCUT2D eigenvalue weighted by Crippen LogP contribution is -2.23. The molecule has 148 valence electrons. The summed E-state index contributed by atoms with van der Waals surface area (Å²) < 4.78 is 14.7. The Morgan fingerprint density at radius 3 is 2.52 bits per heavy atom. The number of halogens is 1. The molecular formula is C22H22FN5O. The summed E-state index contributed by atoms with van der Waals surface area (Å²) >= 11 is 0. The molecule has 0 unspecified atom stereocenters. The van der Waals surface area contributed by atoms with E-state index in [1.807, 2.05) is 19.9 Å². The van der Waals surface area contributed by atoms with Crippen molar-refractivity contribution in [3.8, 4) is 11.8 Å². The summed E-state index contributed by atoms with van der Waals surface area (Å²) in [6, 6.07) is 13.4. The summed E-state index contributed by atoms with van der Waals surface area (Å²) in [6.45, 7) is 7.41. The smallest absolute Gasteiger partial charge is 0.259 e. The van der Waals surface area contributed by atoms with Crippen LogP contribution in [0.5, 0.6) is 0 Å². The monoisotopic (exact) mass is 391 g/mol.